The van der Waals surface area contributed by atoms with Crippen LogP contribution in [0.2, 0.25) is 0 Å². The molecular formula is C94H184O17P2. The van der Waals surface area contributed by atoms with Crippen molar-refractivity contribution < 1.29 is 80.2 Å². The van der Waals surface area contributed by atoms with E-state index in [1.165, 1.54) is 340 Å². The molecule has 0 aromatic carbocycles. The van der Waals surface area contributed by atoms with E-state index in [2.05, 4.69) is 34.6 Å². The number of phosphoric ester groups is 2. The van der Waals surface area contributed by atoms with Crippen LogP contribution in [0.5, 0.6) is 0 Å². The third-order valence-corrected chi connectivity index (χ3v) is 24.5. The fraction of sp³-hybridized carbons (Fsp3) is 0.957. The van der Waals surface area contributed by atoms with E-state index in [0.29, 0.717) is 25.7 Å². The smallest absolute Gasteiger partial charge is 0.462 e. The van der Waals surface area contributed by atoms with Crippen LogP contribution >= 0.6 is 15.6 Å². The van der Waals surface area contributed by atoms with Crippen molar-refractivity contribution >= 4 is 39.5 Å². The van der Waals surface area contributed by atoms with Gasteiger partial charge in [-0.25, -0.2) is 9.13 Å². The summed E-state index contributed by atoms with van der Waals surface area (Å²) in [6.07, 6.45) is 83.4. The van der Waals surface area contributed by atoms with Crippen LogP contribution in [0, 0.1) is 5.92 Å². The third-order valence-electron chi connectivity index (χ3n) is 22.6. The summed E-state index contributed by atoms with van der Waals surface area (Å²) in [4.78, 5) is 73.5. The second kappa shape index (κ2) is 86.4. The molecule has 3 unspecified atom stereocenters. The van der Waals surface area contributed by atoms with E-state index in [1.54, 1.807) is 0 Å². The maximum Gasteiger partial charge on any atom is 0.472 e. The zero-order valence-electron chi connectivity index (χ0n) is 74.5. The number of ether oxygens (including phenoxy) is 4. The number of carbonyl (C=O) groups excluding carboxylic acids is 4. The molecule has 0 fully saturated rings. The normalized spacial score (nSPS) is 13.9. The van der Waals surface area contributed by atoms with Crippen molar-refractivity contribution in [2.75, 3.05) is 39.6 Å². The maximum absolute atomic E-state index is 13.2. The van der Waals surface area contributed by atoms with Gasteiger partial charge in [-0.3, -0.25) is 37.3 Å². The van der Waals surface area contributed by atoms with Gasteiger partial charge in [0.15, 0.2) is 12.2 Å². The molecule has 0 heterocycles. The largest absolute Gasteiger partial charge is 0.472 e. The SMILES string of the molecule is CCCCCCCCCCCCCCCCCCCCCCCCC(=O)O[C@H](COC(=O)CCCCCCCCCCCCCCCCCCCCCCC)COP(=O)(O)OC[C@@H](O)COP(=O)(O)OC[C@@H](COC(=O)CCCCCCCCCCCCCC)OC(=O)CCCCCCCCCCCCCCCCC(C)CC. The number of aliphatic hydroxyl groups excluding tert-OH is 1. The molecule has 0 radical (unpaired) electrons. The minimum atomic E-state index is -4.97. The Morgan fingerprint density at radius 2 is 0.425 bits per heavy atom. The van der Waals surface area contributed by atoms with Gasteiger partial charge in [-0.1, -0.05) is 465 Å². The zero-order valence-corrected chi connectivity index (χ0v) is 76.3. The van der Waals surface area contributed by atoms with Crippen LogP contribution in [0.15, 0.2) is 0 Å². The molecule has 6 atom stereocenters. The van der Waals surface area contributed by atoms with Crippen molar-refractivity contribution in [3.05, 3.63) is 0 Å². The topological polar surface area (TPSA) is 237 Å². The van der Waals surface area contributed by atoms with Gasteiger partial charge in [0.05, 0.1) is 26.4 Å². The third kappa shape index (κ3) is 86.3. The van der Waals surface area contributed by atoms with E-state index >= 15 is 0 Å². The van der Waals surface area contributed by atoms with Gasteiger partial charge < -0.3 is 33.8 Å². The molecule has 0 aliphatic rings. The molecule has 3 N–H and O–H groups in total. The number of unbranched alkanes of at least 4 members (excludes halogenated alkanes) is 65. The summed E-state index contributed by atoms with van der Waals surface area (Å²) >= 11 is 0. The molecule has 0 rings (SSSR count). The lowest BCUT2D eigenvalue weighted by atomic mass is 9.99. The van der Waals surface area contributed by atoms with Crippen molar-refractivity contribution in [3.63, 3.8) is 0 Å². The quantitative estimate of drug-likeness (QED) is 0.0222. The molecule has 0 aromatic heterocycles. The number of hydrogen-bond acceptors (Lipinski definition) is 15. The van der Waals surface area contributed by atoms with Gasteiger partial charge in [-0.05, 0) is 31.6 Å². The Labute approximate surface area is 696 Å². The molecule has 0 saturated heterocycles. The van der Waals surface area contributed by atoms with Gasteiger partial charge in [0.1, 0.15) is 19.3 Å². The van der Waals surface area contributed by atoms with Gasteiger partial charge in [0.2, 0.25) is 0 Å². The minimum Gasteiger partial charge on any atom is -0.462 e. The average Bonchev–Trinajstić information content (AvgIpc) is 0.896. The number of aliphatic hydroxyl groups is 1. The van der Waals surface area contributed by atoms with Crippen molar-refractivity contribution in [1.82, 2.24) is 0 Å². The van der Waals surface area contributed by atoms with Gasteiger partial charge in [-0.2, -0.15) is 0 Å². The lowest BCUT2D eigenvalue weighted by molar-refractivity contribution is -0.161. The number of phosphoric acid groups is 2. The molecule has 0 aromatic rings. The minimum absolute atomic E-state index is 0.109. The summed E-state index contributed by atoms with van der Waals surface area (Å²) in [5, 5.41) is 10.7. The first-order chi connectivity index (χ1) is 55.1. The van der Waals surface area contributed by atoms with E-state index in [9.17, 15) is 43.2 Å². The van der Waals surface area contributed by atoms with Crippen molar-refractivity contribution in [2.45, 2.75) is 534 Å². The first kappa shape index (κ1) is 111. The highest BCUT2D eigenvalue weighted by atomic mass is 31.2. The molecule has 0 aliphatic carbocycles. The fourth-order valence-corrected chi connectivity index (χ4v) is 16.4. The number of hydrogen-bond donors (Lipinski definition) is 3. The number of rotatable bonds is 94. The summed E-state index contributed by atoms with van der Waals surface area (Å²) < 4.78 is 69.2. The molecular weight excluding hydrogens is 1460 g/mol. The predicted molar refractivity (Wildman–Crippen MR) is 469 cm³/mol. The van der Waals surface area contributed by atoms with Crippen LogP contribution < -0.4 is 0 Å². The lowest BCUT2D eigenvalue weighted by Gasteiger charge is -2.21. The highest BCUT2D eigenvalue weighted by Gasteiger charge is 2.31. The monoisotopic (exact) mass is 1650 g/mol. The Balaban J connectivity index is 5.24. The number of carbonyl (C=O) groups is 4. The van der Waals surface area contributed by atoms with Crippen LogP contribution in [0.25, 0.3) is 0 Å². The highest BCUT2D eigenvalue weighted by molar-refractivity contribution is 7.47. The van der Waals surface area contributed by atoms with Gasteiger partial charge in [-0.15, -0.1) is 0 Å². The fourth-order valence-electron chi connectivity index (χ4n) is 14.9. The molecule has 0 amide bonds. The van der Waals surface area contributed by atoms with E-state index < -0.39 is 97.5 Å². The molecule has 0 bridgehead atoms. The molecule has 113 heavy (non-hydrogen) atoms. The maximum atomic E-state index is 13.2. The van der Waals surface area contributed by atoms with Crippen LogP contribution in [-0.4, -0.2) is 96.7 Å². The van der Waals surface area contributed by atoms with Crippen LogP contribution in [0.1, 0.15) is 516 Å². The molecule has 0 aliphatic heterocycles. The Bertz CT molecular complexity index is 2140. The number of esters is 4. The Kier molecular flexibility index (Phi) is 85.0. The first-order valence-corrected chi connectivity index (χ1v) is 51.7. The summed E-state index contributed by atoms with van der Waals surface area (Å²) in [6, 6.07) is 0. The summed E-state index contributed by atoms with van der Waals surface area (Å²) in [5.41, 5.74) is 0. The van der Waals surface area contributed by atoms with Gasteiger partial charge >= 0.3 is 39.5 Å². The molecule has 0 spiro atoms. The highest BCUT2D eigenvalue weighted by Crippen LogP contribution is 2.45. The van der Waals surface area contributed by atoms with Crippen LogP contribution in [0.4, 0.5) is 0 Å². The van der Waals surface area contributed by atoms with Gasteiger partial charge in [0.25, 0.3) is 0 Å². The lowest BCUT2D eigenvalue weighted by Crippen LogP contribution is -2.30. The van der Waals surface area contributed by atoms with E-state index in [0.717, 1.165) is 95.8 Å². The summed E-state index contributed by atoms with van der Waals surface area (Å²) in [7, 11) is -9.94. The Hall–Kier alpha value is -1.94. The zero-order chi connectivity index (χ0) is 82.6. The van der Waals surface area contributed by atoms with Crippen molar-refractivity contribution in [2.24, 2.45) is 5.92 Å². The van der Waals surface area contributed by atoms with Crippen LogP contribution in [-0.2, 0) is 65.4 Å². The second-order valence-corrected chi connectivity index (χ2v) is 36.9. The second-order valence-electron chi connectivity index (χ2n) is 34.0. The predicted octanol–water partition coefficient (Wildman–Crippen LogP) is 29.5. The molecule has 0 saturated carbocycles. The Morgan fingerprint density at radius 3 is 0.628 bits per heavy atom. The van der Waals surface area contributed by atoms with E-state index in [-0.39, 0.29) is 25.7 Å². The van der Waals surface area contributed by atoms with E-state index in [4.69, 9.17) is 37.0 Å². The van der Waals surface area contributed by atoms with E-state index in [1.807, 2.05) is 0 Å². The van der Waals surface area contributed by atoms with Crippen molar-refractivity contribution in [1.29, 1.82) is 0 Å². The van der Waals surface area contributed by atoms with Crippen LogP contribution in [0.3, 0.4) is 0 Å². The first-order valence-electron chi connectivity index (χ1n) is 48.7. The average molecular weight is 1650 g/mol. The summed E-state index contributed by atoms with van der Waals surface area (Å²) in [5.74, 6) is -1.24. The standard InChI is InChI=1S/C94H184O17P2/c1-6-10-13-16-19-22-25-28-30-32-34-36-38-40-42-44-49-54-59-64-69-74-79-93(98)111-90(84-105-92(97)78-73-68-63-58-53-48-43-41-39-37-35-33-31-29-26-23-20-17-14-11-7-2)86-109-113(102,103)107-82-88(95)81-106-112(100,101)108-85-89(83-104-91(96)77-72-67-62-57-52-27-24-21-18-15-12-8-3)110-94(99)80-75-70-65-60-55-50-46-45-47-51-56-61-66-71-76-87(5)9-4/h87-90,95H,6-86H2,1-5H3,(H,100,101)(H,102,103)/t87?,88-,89+,90+/m0/s1. The molecule has 19 heteroatoms. The van der Waals surface area contributed by atoms with Gasteiger partial charge in [0, 0.05) is 25.7 Å². The van der Waals surface area contributed by atoms with Crippen molar-refractivity contribution in [3.8, 4) is 0 Å². The Morgan fingerprint density at radius 1 is 0.248 bits per heavy atom. The molecule has 672 valence electrons. The molecule has 17 nitrogen and oxygen atoms in total. The summed E-state index contributed by atoms with van der Waals surface area (Å²) in [6.45, 7) is 7.46.